The summed E-state index contributed by atoms with van der Waals surface area (Å²) in [4.78, 5) is 0. The van der Waals surface area contributed by atoms with E-state index in [9.17, 15) is 13.2 Å². The number of rotatable bonds is 11. The number of ether oxygens (including phenoxy) is 2. The van der Waals surface area contributed by atoms with Crippen molar-refractivity contribution in [2.75, 3.05) is 39.5 Å². The van der Waals surface area contributed by atoms with E-state index in [1.807, 2.05) is 0 Å². The van der Waals surface area contributed by atoms with Gasteiger partial charge in [-0.25, -0.2) is 0 Å². The van der Waals surface area contributed by atoms with Gasteiger partial charge in [0.15, 0.2) is 0 Å². The lowest BCUT2D eigenvalue weighted by Crippen LogP contribution is -2.23. The van der Waals surface area contributed by atoms with Crippen molar-refractivity contribution in [3.05, 3.63) is 0 Å². The summed E-state index contributed by atoms with van der Waals surface area (Å²) >= 11 is 0. The van der Waals surface area contributed by atoms with E-state index in [1.165, 1.54) is 0 Å². The van der Waals surface area contributed by atoms with Gasteiger partial charge >= 0.3 is 6.18 Å². The first-order valence-corrected chi connectivity index (χ1v) is 5.99. The van der Waals surface area contributed by atoms with Crippen LogP contribution >= 0.6 is 0 Å². The Labute approximate surface area is 101 Å². The molecule has 0 saturated heterocycles. The van der Waals surface area contributed by atoms with Crippen LogP contribution in [-0.4, -0.2) is 45.7 Å². The van der Waals surface area contributed by atoms with Crippen molar-refractivity contribution in [1.82, 2.24) is 5.32 Å². The molecule has 0 aromatic rings. The van der Waals surface area contributed by atoms with Gasteiger partial charge < -0.3 is 14.8 Å². The normalized spacial score (nSPS) is 12.0. The lowest BCUT2D eigenvalue weighted by molar-refractivity contribution is -0.173. The maximum Gasteiger partial charge on any atom is 0.411 e. The molecule has 0 rings (SSSR count). The molecule has 0 radical (unpaired) electrons. The van der Waals surface area contributed by atoms with Gasteiger partial charge in [0.05, 0.1) is 6.61 Å². The molecule has 0 fully saturated rings. The van der Waals surface area contributed by atoms with Gasteiger partial charge in [0.2, 0.25) is 0 Å². The van der Waals surface area contributed by atoms with Gasteiger partial charge in [-0.15, -0.1) is 0 Å². The molecule has 0 aliphatic carbocycles. The maximum atomic E-state index is 11.7. The second-order valence-corrected chi connectivity index (χ2v) is 3.74. The predicted molar refractivity (Wildman–Crippen MR) is 60.1 cm³/mol. The second kappa shape index (κ2) is 10.8. The Bertz CT molecular complexity index is 165. The standard InChI is InChI=1S/C11H22F3NO2/c1-2-3-7-16-9-6-15-5-4-8-17-10-11(12,13)14/h15H,2-10H2,1H3. The Balaban J connectivity index is 2.99. The molecule has 0 aromatic heterocycles. The number of halogens is 3. The number of hydrogen-bond acceptors (Lipinski definition) is 3. The Morgan fingerprint density at radius 3 is 2.29 bits per heavy atom. The zero-order chi connectivity index (χ0) is 13.0. The van der Waals surface area contributed by atoms with E-state index in [4.69, 9.17) is 4.74 Å². The van der Waals surface area contributed by atoms with E-state index in [2.05, 4.69) is 17.0 Å². The topological polar surface area (TPSA) is 30.5 Å². The van der Waals surface area contributed by atoms with Crippen LogP contribution in [0.3, 0.4) is 0 Å². The summed E-state index contributed by atoms with van der Waals surface area (Å²) in [5.74, 6) is 0. The van der Waals surface area contributed by atoms with Crippen molar-refractivity contribution < 1.29 is 22.6 Å². The van der Waals surface area contributed by atoms with E-state index >= 15 is 0 Å². The Morgan fingerprint density at radius 1 is 0.941 bits per heavy atom. The summed E-state index contributed by atoms with van der Waals surface area (Å²) < 4.78 is 44.8. The zero-order valence-electron chi connectivity index (χ0n) is 10.3. The van der Waals surface area contributed by atoms with Crippen LogP contribution in [0.1, 0.15) is 26.2 Å². The minimum absolute atomic E-state index is 0.128. The summed E-state index contributed by atoms with van der Waals surface area (Å²) in [7, 11) is 0. The average Bonchev–Trinajstić information content (AvgIpc) is 2.24. The minimum Gasteiger partial charge on any atom is -0.380 e. The van der Waals surface area contributed by atoms with E-state index in [0.29, 0.717) is 19.6 Å². The lowest BCUT2D eigenvalue weighted by atomic mass is 10.4. The second-order valence-electron chi connectivity index (χ2n) is 3.74. The van der Waals surface area contributed by atoms with Gasteiger partial charge in [-0.1, -0.05) is 13.3 Å². The molecule has 0 amide bonds. The van der Waals surface area contributed by atoms with Crippen LogP contribution in [0.15, 0.2) is 0 Å². The lowest BCUT2D eigenvalue weighted by Gasteiger charge is -2.08. The van der Waals surface area contributed by atoms with Crippen LogP contribution in [0.25, 0.3) is 0 Å². The summed E-state index contributed by atoms with van der Waals surface area (Å²) in [5, 5.41) is 3.07. The molecular weight excluding hydrogens is 235 g/mol. The zero-order valence-corrected chi connectivity index (χ0v) is 10.3. The third kappa shape index (κ3) is 15.7. The Kier molecular flexibility index (Phi) is 10.6. The van der Waals surface area contributed by atoms with Gasteiger partial charge in [-0.2, -0.15) is 13.2 Å². The van der Waals surface area contributed by atoms with Gasteiger partial charge in [0.25, 0.3) is 0 Å². The third-order valence-electron chi connectivity index (χ3n) is 1.97. The van der Waals surface area contributed by atoms with Crippen LogP contribution in [0.2, 0.25) is 0 Å². The molecule has 0 spiro atoms. The Hall–Kier alpha value is -0.330. The number of alkyl halides is 3. The van der Waals surface area contributed by atoms with Crippen molar-refractivity contribution in [2.45, 2.75) is 32.4 Å². The highest BCUT2D eigenvalue weighted by molar-refractivity contribution is 4.49. The number of hydrogen-bond donors (Lipinski definition) is 1. The van der Waals surface area contributed by atoms with Crippen molar-refractivity contribution in [1.29, 1.82) is 0 Å². The van der Waals surface area contributed by atoms with Crippen LogP contribution in [0.5, 0.6) is 0 Å². The highest BCUT2D eigenvalue weighted by atomic mass is 19.4. The first-order valence-electron chi connectivity index (χ1n) is 5.99. The van der Waals surface area contributed by atoms with E-state index in [-0.39, 0.29) is 6.61 Å². The molecule has 0 aromatic carbocycles. The fourth-order valence-corrected chi connectivity index (χ4v) is 1.10. The van der Waals surface area contributed by atoms with E-state index < -0.39 is 12.8 Å². The molecule has 6 heteroatoms. The summed E-state index contributed by atoms with van der Waals surface area (Å²) in [6.07, 6.45) is -1.47. The molecule has 0 saturated carbocycles. The quantitative estimate of drug-likeness (QED) is 0.576. The van der Waals surface area contributed by atoms with Crippen LogP contribution in [-0.2, 0) is 9.47 Å². The molecule has 0 aliphatic rings. The third-order valence-corrected chi connectivity index (χ3v) is 1.97. The van der Waals surface area contributed by atoms with Gasteiger partial charge in [0.1, 0.15) is 6.61 Å². The van der Waals surface area contributed by atoms with E-state index in [0.717, 1.165) is 26.0 Å². The van der Waals surface area contributed by atoms with Crippen molar-refractivity contribution >= 4 is 0 Å². The predicted octanol–water partition coefficient (Wildman–Crippen LogP) is 2.36. The highest BCUT2D eigenvalue weighted by Gasteiger charge is 2.26. The molecule has 104 valence electrons. The molecule has 1 N–H and O–H groups in total. The average molecular weight is 257 g/mol. The minimum atomic E-state index is -4.22. The molecule has 0 unspecified atom stereocenters. The fourth-order valence-electron chi connectivity index (χ4n) is 1.10. The largest absolute Gasteiger partial charge is 0.411 e. The Morgan fingerprint density at radius 2 is 1.65 bits per heavy atom. The molecular formula is C11H22F3NO2. The SMILES string of the molecule is CCCCOCCNCCCOCC(F)(F)F. The molecule has 3 nitrogen and oxygen atoms in total. The van der Waals surface area contributed by atoms with Crippen LogP contribution in [0.4, 0.5) is 13.2 Å². The molecule has 0 heterocycles. The monoisotopic (exact) mass is 257 g/mol. The summed E-state index contributed by atoms with van der Waals surface area (Å²) in [6, 6.07) is 0. The molecule has 0 aliphatic heterocycles. The maximum absolute atomic E-state index is 11.7. The van der Waals surface area contributed by atoms with Crippen LogP contribution in [0, 0.1) is 0 Å². The van der Waals surface area contributed by atoms with Gasteiger partial charge in [-0.05, 0) is 19.4 Å². The van der Waals surface area contributed by atoms with Crippen molar-refractivity contribution in [2.24, 2.45) is 0 Å². The van der Waals surface area contributed by atoms with Gasteiger partial charge in [0, 0.05) is 19.8 Å². The summed E-state index contributed by atoms with van der Waals surface area (Å²) in [5.41, 5.74) is 0. The first-order chi connectivity index (χ1) is 8.06. The van der Waals surface area contributed by atoms with Crippen molar-refractivity contribution in [3.8, 4) is 0 Å². The van der Waals surface area contributed by atoms with Crippen molar-refractivity contribution in [3.63, 3.8) is 0 Å². The fraction of sp³-hybridized carbons (Fsp3) is 1.00. The van der Waals surface area contributed by atoms with Crippen LogP contribution < -0.4 is 5.32 Å². The number of unbranched alkanes of at least 4 members (excludes halogenated alkanes) is 1. The highest BCUT2D eigenvalue weighted by Crippen LogP contribution is 2.14. The summed E-state index contributed by atoms with van der Waals surface area (Å²) in [6.45, 7) is 3.85. The van der Waals surface area contributed by atoms with E-state index in [1.54, 1.807) is 0 Å². The number of nitrogens with one attached hydrogen (secondary N) is 1. The smallest absolute Gasteiger partial charge is 0.380 e. The van der Waals surface area contributed by atoms with Gasteiger partial charge in [-0.3, -0.25) is 0 Å². The first kappa shape index (κ1) is 16.7. The molecule has 0 atom stereocenters. The molecule has 17 heavy (non-hydrogen) atoms. The molecule has 0 bridgehead atoms.